The maximum Gasteiger partial charge on any atom is 0.255 e. The molecule has 2 rings (SSSR count). The zero-order valence-corrected chi connectivity index (χ0v) is 15.3. The molecule has 1 atom stereocenters. The monoisotopic (exact) mass is 349 g/mol. The number of ether oxygens (including phenoxy) is 3. The fraction of sp³-hybridized carbons (Fsp3) is 0.389. The van der Waals surface area contributed by atoms with E-state index in [-0.39, 0.29) is 11.9 Å². The molecule has 0 saturated heterocycles. The van der Waals surface area contributed by atoms with Crippen molar-refractivity contribution in [2.45, 2.75) is 19.5 Å². The lowest BCUT2D eigenvalue weighted by Crippen LogP contribution is -2.40. The molecule has 0 saturated carbocycles. The van der Waals surface area contributed by atoms with Crippen LogP contribution in [0.4, 0.5) is 0 Å². The van der Waals surface area contributed by atoms with Crippen LogP contribution in [0.15, 0.2) is 35.0 Å². The van der Waals surface area contributed by atoms with Crippen molar-refractivity contribution >= 4 is 17.2 Å². The maximum atomic E-state index is 12.9. The summed E-state index contributed by atoms with van der Waals surface area (Å²) in [5, 5.41) is 3.77. The summed E-state index contributed by atoms with van der Waals surface area (Å²) in [7, 11) is 4.86. The maximum absolute atomic E-state index is 12.9. The highest BCUT2D eigenvalue weighted by Gasteiger charge is 2.22. The van der Waals surface area contributed by atoms with Gasteiger partial charge in [-0.05, 0) is 36.1 Å². The van der Waals surface area contributed by atoms with E-state index < -0.39 is 0 Å². The van der Waals surface area contributed by atoms with Crippen molar-refractivity contribution in [3.63, 3.8) is 0 Å². The summed E-state index contributed by atoms with van der Waals surface area (Å²) in [6, 6.07) is 7.42. The Balaban J connectivity index is 2.29. The second kappa shape index (κ2) is 8.70. The third-order valence-corrected chi connectivity index (χ3v) is 4.42. The largest absolute Gasteiger partial charge is 0.497 e. The van der Waals surface area contributed by atoms with E-state index in [4.69, 9.17) is 14.2 Å². The average Bonchev–Trinajstić information content (AvgIpc) is 3.13. The van der Waals surface area contributed by atoms with Crippen LogP contribution in [0.3, 0.4) is 0 Å². The first-order valence-electron chi connectivity index (χ1n) is 7.63. The Bertz CT molecular complexity index is 635. The highest BCUT2D eigenvalue weighted by molar-refractivity contribution is 7.08. The number of thiophene rings is 1. The molecule has 1 amide bonds. The van der Waals surface area contributed by atoms with Gasteiger partial charge in [-0.2, -0.15) is 11.3 Å². The van der Waals surface area contributed by atoms with Crippen molar-refractivity contribution in [2.24, 2.45) is 0 Å². The van der Waals surface area contributed by atoms with Crippen LogP contribution in [0.25, 0.3) is 0 Å². The van der Waals surface area contributed by atoms with Crippen molar-refractivity contribution in [2.75, 3.05) is 27.9 Å². The van der Waals surface area contributed by atoms with Crippen LogP contribution in [0.5, 0.6) is 11.5 Å². The minimum Gasteiger partial charge on any atom is -0.497 e. The van der Waals surface area contributed by atoms with Crippen LogP contribution in [0, 0.1) is 0 Å². The normalized spacial score (nSPS) is 11.8. The van der Waals surface area contributed by atoms with E-state index in [1.165, 1.54) is 11.3 Å². The van der Waals surface area contributed by atoms with Gasteiger partial charge in [0.15, 0.2) is 0 Å². The van der Waals surface area contributed by atoms with Gasteiger partial charge in [0.25, 0.3) is 5.91 Å². The zero-order chi connectivity index (χ0) is 17.5. The molecule has 24 heavy (non-hydrogen) atoms. The number of rotatable bonds is 8. The Kier molecular flexibility index (Phi) is 6.63. The van der Waals surface area contributed by atoms with E-state index >= 15 is 0 Å². The summed E-state index contributed by atoms with van der Waals surface area (Å²) in [6.07, 6.45) is 0. The van der Waals surface area contributed by atoms with Gasteiger partial charge in [0.1, 0.15) is 11.5 Å². The highest BCUT2D eigenvalue weighted by atomic mass is 32.1. The molecule has 5 nitrogen and oxygen atoms in total. The first kappa shape index (κ1) is 18.3. The quantitative estimate of drug-likeness (QED) is 0.732. The molecule has 1 heterocycles. The molecule has 2 aromatic rings. The molecule has 0 spiro atoms. The molecular weight excluding hydrogens is 326 g/mol. The number of carbonyl (C=O) groups excluding carboxylic acids is 1. The van der Waals surface area contributed by atoms with E-state index in [9.17, 15) is 4.79 Å². The summed E-state index contributed by atoms with van der Waals surface area (Å²) in [5.41, 5.74) is 1.63. The van der Waals surface area contributed by atoms with Crippen molar-refractivity contribution in [1.82, 2.24) is 4.90 Å². The van der Waals surface area contributed by atoms with E-state index in [2.05, 4.69) is 0 Å². The molecule has 0 unspecified atom stereocenters. The lowest BCUT2D eigenvalue weighted by molar-refractivity contribution is 0.0542. The van der Waals surface area contributed by atoms with Crippen molar-refractivity contribution in [1.29, 1.82) is 0 Å². The Morgan fingerprint density at radius 1 is 1.17 bits per heavy atom. The number of methoxy groups -OCH3 is 3. The van der Waals surface area contributed by atoms with Gasteiger partial charge in [0.2, 0.25) is 0 Å². The van der Waals surface area contributed by atoms with Crippen LogP contribution < -0.4 is 9.47 Å². The molecule has 6 heteroatoms. The fourth-order valence-electron chi connectivity index (χ4n) is 2.47. The topological polar surface area (TPSA) is 48.0 Å². The smallest absolute Gasteiger partial charge is 0.255 e. The van der Waals surface area contributed by atoms with Gasteiger partial charge in [0.05, 0.1) is 32.4 Å². The predicted octanol–water partition coefficient (Wildman–Crippen LogP) is 3.44. The first-order chi connectivity index (χ1) is 11.6. The molecule has 130 valence electrons. The number of benzene rings is 1. The van der Waals surface area contributed by atoms with Gasteiger partial charge < -0.3 is 19.1 Å². The Hall–Kier alpha value is -2.05. The summed E-state index contributed by atoms with van der Waals surface area (Å²) < 4.78 is 15.9. The van der Waals surface area contributed by atoms with Gasteiger partial charge in [-0.3, -0.25) is 4.79 Å². The summed E-state index contributed by atoms with van der Waals surface area (Å²) in [5.74, 6) is 1.39. The third kappa shape index (κ3) is 4.49. The van der Waals surface area contributed by atoms with E-state index in [0.717, 1.165) is 5.56 Å². The highest BCUT2D eigenvalue weighted by Crippen LogP contribution is 2.25. The van der Waals surface area contributed by atoms with Crippen molar-refractivity contribution in [3.8, 4) is 11.5 Å². The van der Waals surface area contributed by atoms with Gasteiger partial charge in [-0.15, -0.1) is 0 Å². The van der Waals surface area contributed by atoms with Gasteiger partial charge >= 0.3 is 0 Å². The number of hydrogen-bond donors (Lipinski definition) is 0. The Morgan fingerprint density at radius 3 is 2.33 bits per heavy atom. The lowest BCUT2D eigenvalue weighted by atomic mass is 10.1. The van der Waals surface area contributed by atoms with Gasteiger partial charge in [-0.1, -0.05) is 0 Å². The molecule has 0 fully saturated rings. The van der Waals surface area contributed by atoms with Crippen LogP contribution in [0.2, 0.25) is 0 Å². The van der Waals surface area contributed by atoms with E-state index in [0.29, 0.717) is 30.2 Å². The number of nitrogens with zero attached hydrogens (tertiary/aromatic N) is 1. The second-order valence-corrected chi connectivity index (χ2v) is 6.25. The third-order valence-electron chi connectivity index (χ3n) is 3.73. The minimum absolute atomic E-state index is 0.0115. The molecular formula is C18H23NO4S. The molecule has 0 radical (unpaired) electrons. The molecule has 0 N–H and O–H groups in total. The van der Waals surface area contributed by atoms with Gasteiger partial charge in [-0.25, -0.2) is 0 Å². The molecule has 0 bridgehead atoms. The summed E-state index contributed by atoms with van der Waals surface area (Å²) in [4.78, 5) is 14.7. The lowest BCUT2D eigenvalue weighted by Gasteiger charge is -2.29. The van der Waals surface area contributed by atoms with Crippen LogP contribution in [-0.2, 0) is 11.3 Å². The summed E-state index contributed by atoms with van der Waals surface area (Å²) in [6.45, 7) is 2.90. The molecule has 1 aromatic carbocycles. The first-order valence-corrected chi connectivity index (χ1v) is 8.57. The van der Waals surface area contributed by atoms with Crippen LogP contribution >= 0.6 is 11.3 Å². The summed E-state index contributed by atoms with van der Waals surface area (Å²) >= 11 is 1.51. The average molecular weight is 349 g/mol. The fourth-order valence-corrected chi connectivity index (χ4v) is 3.10. The van der Waals surface area contributed by atoms with Crippen LogP contribution in [-0.4, -0.2) is 44.8 Å². The van der Waals surface area contributed by atoms with E-state index in [1.54, 1.807) is 26.2 Å². The second-order valence-electron chi connectivity index (χ2n) is 5.47. The zero-order valence-electron chi connectivity index (χ0n) is 14.4. The van der Waals surface area contributed by atoms with Crippen LogP contribution in [0.1, 0.15) is 22.8 Å². The molecule has 0 aliphatic heterocycles. The Morgan fingerprint density at radius 2 is 1.83 bits per heavy atom. The van der Waals surface area contributed by atoms with Crippen molar-refractivity contribution < 1.29 is 19.0 Å². The van der Waals surface area contributed by atoms with Crippen molar-refractivity contribution in [3.05, 3.63) is 46.2 Å². The number of carbonyl (C=O) groups is 1. The minimum atomic E-state index is -0.0559. The molecule has 1 aromatic heterocycles. The molecule has 0 aliphatic rings. The Labute approximate surface area is 146 Å². The predicted molar refractivity (Wildman–Crippen MR) is 95.1 cm³/mol. The van der Waals surface area contributed by atoms with E-state index in [1.807, 2.05) is 41.9 Å². The number of hydrogen-bond acceptors (Lipinski definition) is 5. The van der Waals surface area contributed by atoms with Gasteiger partial charge in [0, 0.05) is 25.1 Å². The standard InChI is InChI=1S/C18H23NO4S/c1-13(11-21-2)19(18(20)15-5-6-24-12-15)10-14-7-16(22-3)9-17(8-14)23-4/h5-9,12-13H,10-11H2,1-4H3/t13-/m0/s1. The number of amides is 1. The SMILES string of the molecule is COC[C@H](C)N(Cc1cc(OC)cc(OC)c1)C(=O)c1ccsc1. The molecule has 0 aliphatic carbocycles.